The first-order chi connectivity index (χ1) is 8.59. The van der Waals surface area contributed by atoms with Gasteiger partial charge < -0.3 is 9.80 Å². The van der Waals surface area contributed by atoms with Crippen molar-refractivity contribution in [3.8, 4) is 0 Å². The Morgan fingerprint density at radius 3 is 1.84 bits per heavy atom. The van der Waals surface area contributed by atoms with E-state index in [1.807, 2.05) is 0 Å². The molecule has 0 aromatic carbocycles. The summed E-state index contributed by atoms with van der Waals surface area (Å²) in [7, 11) is 2.22. The van der Waals surface area contributed by atoms with Crippen molar-refractivity contribution in [3.63, 3.8) is 0 Å². The molecular formula is C17H38N2. The molecule has 0 aliphatic rings. The lowest BCUT2D eigenvalue weighted by Gasteiger charge is -2.32. The topological polar surface area (TPSA) is 6.48 Å². The average Bonchev–Trinajstić information content (AvgIpc) is 2.24. The number of hydrogen-bond acceptors (Lipinski definition) is 2. The highest BCUT2D eigenvalue weighted by Gasteiger charge is 2.20. The first-order valence-corrected chi connectivity index (χ1v) is 8.00. The number of rotatable bonds is 9. The minimum atomic E-state index is 0.411. The molecule has 2 nitrogen and oxygen atoms in total. The van der Waals surface area contributed by atoms with E-state index in [1.54, 1.807) is 0 Å². The molecule has 19 heavy (non-hydrogen) atoms. The molecule has 0 unspecified atom stereocenters. The quantitative estimate of drug-likeness (QED) is 0.622. The Hall–Kier alpha value is -0.0800. The molecule has 2 heteroatoms. The maximum absolute atomic E-state index is 2.60. The van der Waals surface area contributed by atoms with Gasteiger partial charge in [0.2, 0.25) is 0 Å². The third-order valence-electron chi connectivity index (χ3n) is 3.71. The van der Waals surface area contributed by atoms with Gasteiger partial charge in [0.1, 0.15) is 0 Å². The molecular weight excluding hydrogens is 232 g/mol. The lowest BCUT2D eigenvalue weighted by Crippen LogP contribution is -2.35. The minimum absolute atomic E-state index is 0.411. The van der Waals surface area contributed by atoms with Gasteiger partial charge in [-0.05, 0) is 50.4 Å². The summed E-state index contributed by atoms with van der Waals surface area (Å²) < 4.78 is 0. The van der Waals surface area contributed by atoms with Crippen LogP contribution in [0.3, 0.4) is 0 Å². The maximum Gasteiger partial charge on any atom is 0.00299 e. The largest absolute Gasteiger partial charge is 0.306 e. The SMILES string of the molecule is CCN(C)CC(C)(C)CCCN(CC)CC(C)(C)C. The summed E-state index contributed by atoms with van der Waals surface area (Å²) in [5, 5.41) is 0. The fourth-order valence-electron chi connectivity index (χ4n) is 2.72. The van der Waals surface area contributed by atoms with Gasteiger partial charge in [-0.2, -0.15) is 0 Å². The predicted molar refractivity (Wildman–Crippen MR) is 87.8 cm³/mol. The van der Waals surface area contributed by atoms with Crippen molar-refractivity contribution in [1.82, 2.24) is 9.80 Å². The van der Waals surface area contributed by atoms with E-state index in [-0.39, 0.29) is 0 Å². The van der Waals surface area contributed by atoms with Gasteiger partial charge in [-0.15, -0.1) is 0 Å². The highest BCUT2D eigenvalue weighted by atomic mass is 15.1. The van der Waals surface area contributed by atoms with Gasteiger partial charge in [-0.25, -0.2) is 0 Å². The molecule has 0 heterocycles. The second-order valence-electron chi connectivity index (χ2n) is 8.03. The first kappa shape index (κ1) is 18.9. The lowest BCUT2D eigenvalue weighted by molar-refractivity contribution is 0.167. The van der Waals surface area contributed by atoms with Crippen molar-refractivity contribution < 1.29 is 0 Å². The molecule has 0 radical (unpaired) electrons. The van der Waals surface area contributed by atoms with Crippen LogP contribution in [0.4, 0.5) is 0 Å². The summed E-state index contributed by atoms with van der Waals surface area (Å²) >= 11 is 0. The molecule has 0 aliphatic heterocycles. The normalized spacial score (nSPS) is 13.6. The Morgan fingerprint density at radius 1 is 0.842 bits per heavy atom. The van der Waals surface area contributed by atoms with Crippen molar-refractivity contribution in [2.75, 3.05) is 39.8 Å². The van der Waals surface area contributed by atoms with E-state index in [1.165, 1.54) is 39.0 Å². The second-order valence-corrected chi connectivity index (χ2v) is 8.03. The van der Waals surface area contributed by atoms with Crippen molar-refractivity contribution in [3.05, 3.63) is 0 Å². The monoisotopic (exact) mass is 270 g/mol. The van der Waals surface area contributed by atoms with E-state index in [0.717, 1.165) is 6.54 Å². The van der Waals surface area contributed by atoms with E-state index >= 15 is 0 Å². The van der Waals surface area contributed by atoms with Gasteiger partial charge in [0, 0.05) is 13.1 Å². The van der Waals surface area contributed by atoms with E-state index in [2.05, 4.69) is 65.3 Å². The van der Waals surface area contributed by atoms with Crippen molar-refractivity contribution in [2.24, 2.45) is 10.8 Å². The zero-order valence-electron chi connectivity index (χ0n) is 14.8. The highest BCUT2D eigenvalue weighted by Crippen LogP contribution is 2.24. The standard InChI is InChI=1S/C17H38N2/c1-9-18(8)15-17(6,7)12-11-13-19(10-2)14-16(3,4)5/h9-15H2,1-8H3. The van der Waals surface area contributed by atoms with Gasteiger partial charge >= 0.3 is 0 Å². The Kier molecular flexibility index (Phi) is 8.23. The maximum atomic E-state index is 2.60. The van der Waals surface area contributed by atoms with E-state index in [0.29, 0.717) is 10.8 Å². The second kappa shape index (κ2) is 8.26. The van der Waals surface area contributed by atoms with Crippen LogP contribution in [0.25, 0.3) is 0 Å². The third-order valence-corrected chi connectivity index (χ3v) is 3.71. The Balaban J connectivity index is 4.05. The van der Waals surface area contributed by atoms with E-state index < -0.39 is 0 Å². The first-order valence-electron chi connectivity index (χ1n) is 8.00. The predicted octanol–water partition coefficient (Wildman–Crippen LogP) is 4.11. The van der Waals surface area contributed by atoms with E-state index in [9.17, 15) is 0 Å². The summed E-state index contributed by atoms with van der Waals surface area (Å²) in [6, 6.07) is 0. The zero-order valence-corrected chi connectivity index (χ0v) is 14.8. The molecule has 0 saturated carbocycles. The number of nitrogens with zero attached hydrogens (tertiary/aromatic N) is 2. The van der Waals surface area contributed by atoms with Crippen LogP contribution in [0.5, 0.6) is 0 Å². The summed E-state index contributed by atoms with van der Waals surface area (Å²) in [6.45, 7) is 22.3. The third kappa shape index (κ3) is 10.4. The van der Waals surface area contributed by atoms with Crippen LogP contribution >= 0.6 is 0 Å². The number of hydrogen-bond donors (Lipinski definition) is 0. The molecule has 0 bridgehead atoms. The van der Waals surface area contributed by atoms with Gasteiger partial charge in [0.05, 0.1) is 0 Å². The van der Waals surface area contributed by atoms with Crippen molar-refractivity contribution >= 4 is 0 Å². The molecule has 0 aromatic heterocycles. The van der Waals surface area contributed by atoms with Crippen LogP contribution in [0, 0.1) is 10.8 Å². The summed E-state index contributed by atoms with van der Waals surface area (Å²) in [6.07, 6.45) is 2.63. The van der Waals surface area contributed by atoms with Crippen molar-refractivity contribution in [2.45, 2.75) is 61.3 Å². The molecule has 0 rings (SSSR count). The minimum Gasteiger partial charge on any atom is -0.306 e. The Bertz CT molecular complexity index is 228. The average molecular weight is 271 g/mol. The summed E-state index contributed by atoms with van der Waals surface area (Å²) in [5.41, 5.74) is 0.847. The molecule has 116 valence electrons. The summed E-state index contributed by atoms with van der Waals surface area (Å²) in [5.74, 6) is 0. The Morgan fingerprint density at radius 2 is 1.42 bits per heavy atom. The molecule has 0 spiro atoms. The molecule has 0 N–H and O–H groups in total. The molecule has 0 aromatic rings. The fraction of sp³-hybridized carbons (Fsp3) is 1.00. The fourth-order valence-corrected chi connectivity index (χ4v) is 2.72. The smallest absolute Gasteiger partial charge is 0.00299 e. The van der Waals surface area contributed by atoms with Gasteiger partial charge in [-0.1, -0.05) is 48.5 Å². The van der Waals surface area contributed by atoms with Crippen LogP contribution in [0.1, 0.15) is 61.3 Å². The van der Waals surface area contributed by atoms with Gasteiger partial charge in [-0.3, -0.25) is 0 Å². The molecule has 0 aliphatic carbocycles. The lowest BCUT2D eigenvalue weighted by atomic mass is 9.87. The van der Waals surface area contributed by atoms with Crippen LogP contribution in [-0.2, 0) is 0 Å². The van der Waals surface area contributed by atoms with Gasteiger partial charge in [0.15, 0.2) is 0 Å². The molecule has 0 amide bonds. The van der Waals surface area contributed by atoms with Crippen LogP contribution in [0.2, 0.25) is 0 Å². The summed E-state index contributed by atoms with van der Waals surface area (Å²) in [4.78, 5) is 5.02. The molecule has 0 fully saturated rings. The van der Waals surface area contributed by atoms with Crippen molar-refractivity contribution in [1.29, 1.82) is 0 Å². The van der Waals surface area contributed by atoms with Gasteiger partial charge in [0.25, 0.3) is 0 Å². The van der Waals surface area contributed by atoms with E-state index in [4.69, 9.17) is 0 Å². The Labute approximate surface area is 122 Å². The highest BCUT2D eigenvalue weighted by molar-refractivity contribution is 4.74. The van der Waals surface area contributed by atoms with Crippen LogP contribution in [-0.4, -0.2) is 49.6 Å². The van der Waals surface area contributed by atoms with Crippen LogP contribution < -0.4 is 0 Å². The zero-order chi connectivity index (χ0) is 15.1. The molecule has 0 atom stereocenters. The molecule has 0 saturated heterocycles. The van der Waals surface area contributed by atoms with Crippen LogP contribution in [0.15, 0.2) is 0 Å².